The van der Waals surface area contributed by atoms with Crippen LogP contribution in [-0.2, 0) is 19.4 Å². The Labute approximate surface area is 150 Å². The zero-order chi connectivity index (χ0) is 17.4. The monoisotopic (exact) mass is 349 g/mol. The lowest BCUT2D eigenvalue weighted by Gasteiger charge is -2.10. The van der Waals surface area contributed by atoms with Crippen molar-refractivity contribution in [3.05, 3.63) is 62.5 Å². The molecule has 5 heteroatoms. The van der Waals surface area contributed by atoms with E-state index in [1.165, 1.54) is 10.4 Å². The first kappa shape index (κ1) is 16.0. The van der Waals surface area contributed by atoms with Gasteiger partial charge in [0, 0.05) is 10.4 Å². The fourth-order valence-electron chi connectivity index (χ4n) is 3.56. The molecule has 0 amide bonds. The Bertz CT molecular complexity index is 1060. The zero-order valence-corrected chi connectivity index (χ0v) is 15.0. The van der Waals surface area contributed by atoms with Crippen LogP contribution in [0.2, 0.25) is 0 Å². The van der Waals surface area contributed by atoms with Gasteiger partial charge in [0.1, 0.15) is 4.83 Å². The van der Waals surface area contributed by atoms with E-state index in [0.717, 1.165) is 46.3 Å². The van der Waals surface area contributed by atoms with Crippen molar-refractivity contribution in [2.24, 2.45) is 4.99 Å². The summed E-state index contributed by atoms with van der Waals surface area (Å²) in [5.41, 5.74) is 4.07. The Kier molecular flexibility index (Phi) is 4.09. The van der Waals surface area contributed by atoms with Gasteiger partial charge in [0.15, 0.2) is 0 Å². The molecule has 0 saturated carbocycles. The van der Waals surface area contributed by atoms with Crippen molar-refractivity contribution in [3.8, 4) is 0 Å². The molecule has 1 aliphatic carbocycles. The number of benzene rings is 1. The molecule has 3 aromatic rings. The molecule has 0 N–H and O–H groups in total. The summed E-state index contributed by atoms with van der Waals surface area (Å²) in [6.45, 7) is 6.12. The van der Waals surface area contributed by atoms with Gasteiger partial charge in [0.05, 0.1) is 23.9 Å². The molecular weight excluding hydrogens is 330 g/mol. The van der Waals surface area contributed by atoms with E-state index in [0.29, 0.717) is 6.54 Å². The standard InChI is InChI=1S/C20H19N3OS/c1-3-6-13-7-4-8-14(18(13)21-2)11-23-12-22-19-17(20(23)24)15-9-5-10-16(15)25-19/h3-4,6-8,12H,2,5,9-11H2,1H3/b6-3-. The predicted octanol–water partition coefficient (Wildman–Crippen LogP) is 4.36. The minimum atomic E-state index is 0.0517. The van der Waals surface area contributed by atoms with Crippen LogP contribution in [0.4, 0.5) is 5.69 Å². The van der Waals surface area contributed by atoms with Crippen LogP contribution in [0.15, 0.2) is 40.4 Å². The van der Waals surface area contributed by atoms with Gasteiger partial charge in [-0.3, -0.25) is 14.4 Å². The van der Waals surface area contributed by atoms with Gasteiger partial charge in [0.2, 0.25) is 0 Å². The Morgan fingerprint density at radius 1 is 1.40 bits per heavy atom. The number of aliphatic imine (C=N–C) groups is 1. The van der Waals surface area contributed by atoms with Gasteiger partial charge in [-0.2, -0.15) is 0 Å². The number of allylic oxidation sites excluding steroid dienone is 1. The molecule has 0 aliphatic heterocycles. The highest BCUT2D eigenvalue weighted by atomic mass is 32.1. The van der Waals surface area contributed by atoms with Gasteiger partial charge in [0.25, 0.3) is 5.56 Å². The summed E-state index contributed by atoms with van der Waals surface area (Å²) < 4.78 is 1.69. The number of nitrogens with zero attached hydrogens (tertiary/aromatic N) is 3. The summed E-state index contributed by atoms with van der Waals surface area (Å²) in [7, 11) is 0. The number of aryl methyl sites for hydroxylation is 2. The van der Waals surface area contributed by atoms with Crippen LogP contribution in [0.3, 0.4) is 0 Å². The molecular formula is C20H19N3OS. The predicted molar refractivity (Wildman–Crippen MR) is 105 cm³/mol. The summed E-state index contributed by atoms with van der Waals surface area (Å²) in [5, 5.41) is 0.817. The van der Waals surface area contributed by atoms with E-state index in [-0.39, 0.29) is 5.56 Å². The summed E-state index contributed by atoms with van der Waals surface area (Å²) in [6, 6.07) is 5.98. The maximum absolute atomic E-state index is 13.0. The quantitative estimate of drug-likeness (QED) is 0.657. The van der Waals surface area contributed by atoms with Gasteiger partial charge in [-0.1, -0.05) is 30.4 Å². The zero-order valence-electron chi connectivity index (χ0n) is 14.2. The van der Waals surface area contributed by atoms with Crippen molar-refractivity contribution in [1.29, 1.82) is 0 Å². The molecule has 4 rings (SSSR count). The first-order chi connectivity index (χ1) is 12.2. The van der Waals surface area contributed by atoms with E-state index >= 15 is 0 Å². The number of rotatable bonds is 4. The topological polar surface area (TPSA) is 47.2 Å². The minimum absolute atomic E-state index is 0.0517. The summed E-state index contributed by atoms with van der Waals surface area (Å²) >= 11 is 1.67. The van der Waals surface area contributed by atoms with Crippen LogP contribution < -0.4 is 5.56 Å². The molecule has 4 nitrogen and oxygen atoms in total. The molecule has 0 atom stereocenters. The third-order valence-electron chi connectivity index (χ3n) is 4.69. The molecule has 25 heavy (non-hydrogen) atoms. The largest absolute Gasteiger partial charge is 0.294 e. The van der Waals surface area contributed by atoms with Gasteiger partial charge in [-0.15, -0.1) is 11.3 Å². The molecule has 0 bridgehead atoms. The molecule has 0 saturated heterocycles. The second kappa shape index (κ2) is 6.41. The first-order valence-corrected chi connectivity index (χ1v) is 9.25. The Balaban J connectivity index is 1.82. The lowest BCUT2D eigenvalue weighted by atomic mass is 10.1. The second-order valence-corrected chi connectivity index (χ2v) is 7.31. The van der Waals surface area contributed by atoms with E-state index in [9.17, 15) is 4.79 Å². The number of para-hydroxylation sites is 1. The number of fused-ring (bicyclic) bond motifs is 3. The number of hydrogen-bond donors (Lipinski definition) is 0. The highest BCUT2D eigenvalue weighted by Gasteiger charge is 2.21. The highest BCUT2D eigenvalue weighted by Crippen LogP contribution is 2.34. The van der Waals surface area contributed by atoms with Gasteiger partial charge < -0.3 is 0 Å². The summed E-state index contributed by atoms with van der Waals surface area (Å²) in [4.78, 5) is 24.0. The molecule has 2 aromatic heterocycles. The molecule has 0 unspecified atom stereocenters. The highest BCUT2D eigenvalue weighted by molar-refractivity contribution is 7.18. The SMILES string of the molecule is C=Nc1c(/C=C\C)cccc1Cn1cnc2sc3c(c2c1=O)CCC3. The molecule has 2 heterocycles. The average Bonchev–Trinajstić information content (AvgIpc) is 3.19. The summed E-state index contributed by atoms with van der Waals surface area (Å²) in [5.74, 6) is 0. The Morgan fingerprint density at radius 2 is 2.28 bits per heavy atom. The molecule has 126 valence electrons. The minimum Gasteiger partial charge on any atom is -0.294 e. The molecule has 1 aliphatic rings. The lowest BCUT2D eigenvalue weighted by molar-refractivity contribution is 0.749. The third kappa shape index (κ3) is 2.65. The van der Waals surface area contributed by atoms with Gasteiger partial charge in [-0.05, 0) is 44.0 Å². The average molecular weight is 349 g/mol. The van der Waals surface area contributed by atoms with Crippen molar-refractivity contribution in [3.63, 3.8) is 0 Å². The third-order valence-corrected chi connectivity index (χ3v) is 5.89. The van der Waals surface area contributed by atoms with E-state index in [1.807, 2.05) is 37.3 Å². The normalized spacial score (nSPS) is 13.6. The van der Waals surface area contributed by atoms with Crippen molar-refractivity contribution >= 4 is 40.0 Å². The van der Waals surface area contributed by atoms with Crippen LogP contribution in [0, 0.1) is 0 Å². The summed E-state index contributed by atoms with van der Waals surface area (Å²) in [6.07, 6.45) is 8.84. The van der Waals surface area contributed by atoms with Gasteiger partial charge >= 0.3 is 0 Å². The maximum Gasteiger partial charge on any atom is 0.262 e. The molecule has 1 aromatic carbocycles. The van der Waals surface area contributed by atoms with Crippen molar-refractivity contribution in [1.82, 2.24) is 9.55 Å². The maximum atomic E-state index is 13.0. The van der Waals surface area contributed by atoms with E-state index in [2.05, 4.69) is 16.7 Å². The first-order valence-electron chi connectivity index (χ1n) is 8.44. The second-order valence-electron chi connectivity index (χ2n) is 6.23. The smallest absolute Gasteiger partial charge is 0.262 e. The Morgan fingerprint density at radius 3 is 3.08 bits per heavy atom. The van der Waals surface area contributed by atoms with Crippen LogP contribution in [-0.4, -0.2) is 16.3 Å². The molecule has 0 spiro atoms. The van der Waals surface area contributed by atoms with E-state index < -0.39 is 0 Å². The lowest BCUT2D eigenvalue weighted by Crippen LogP contribution is -2.21. The van der Waals surface area contributed by atoms with Crippen LogP contribution in [0.25, 0.3) is 16.3 Å². The van der Waals surface area contributed by atoms with Crippen LogP contribution in [0.1, 0.15) is 34.9 Å². The van der Waals surface area contributed by atoms with Crippen molar-refractivity contribution in [2.45, 2.75) is 32.7 Å². The van der Waals surface area contributed by atoms with Gasteiger partial charge in [-0.25, -0.2) is 4.98 Å². The number of hydrogen-bond acceptors (Lipinski definition) is 4. The Hall–Kier alpha value is -2.53. The van der Waals surface area contributed by atoms with E-state index in [1.54, 1.807) is 22.2 Å². The van der Waals surface area contributed by atoms with Crippen LogP contribution in [0.5, 0.6) is 0 Å². The van der Waals surface area contributed by atoms with Crippen LogP contribution >= 0.6 is 11.3 Å². The van der Waals surface area contributed by atoms with Crippen molar-refractivity contribution in [2.75, 3.05) is 0 Å². The molecule has 0 radical (unpaired) electrons. The van der Waals surface area contributed by atoms with Crippen molar-refractivity contribution < 1.29 is 0 Å². The molecule has 0 fully saturated rings. The number of thiophene rings is 1. The number of aromatic nitrogens is 2. The fourth-order valence-corrected chi connectivity index (χ4v) is 4.78. The van der Waals surface area contributed by atoms with E-state index in [4.69, 9.17) is 0 Å². The fraction of sp³-hybridized carbons (Fsp3) is 0.250.